The van der Waals surface area contributed by atoms with Crippen molar-refractivity contribution in [3.8, 4) is 0 Å². The molecule has 0 aromatic rings. The van der Waals surface area contributed by atoms with Crippen LogP contribution in [0, 0.1) is 5.41 Å². The lowest BCUT2D eigenvalue weighted by Crippen LogP contribution is -2.43. The normalized spacial score (nSPS) is 14.1. The Bertz CT molecular complexity index is 336. The minimum absolute atomic E-state index is 0.00527. The second kappa shape index (κ2) is 6.05. The number of nitrogens with zero attached hydrogens (tertiary/aromatic N) is 1. The van der Waals surface area contributed by atoms with Crippen LogP contribution in [0.5, 0.6) is 0 Å². The van der Waals surface area contributed by atoms with Gasteiger partial charge in [0.1, 0.15) is 5.84 Å². The van der Waals surface area contributed by atoms with Gasteiger partial charge in [0.05, 0.1) is 5.75 Å². The number of amidine groups is 1. The summed E-state index contributed by atoms with van der Waals surface area (Å²) in [5, 5.41) is 11.4. The average molecular weight is 251 g/mol. The Labute approximate surface area is 97.0 Å². The summed E-state index contributed by atoms with van der Waals surface area (Å²) in [4.78, 5) is 0. The zero-order valence-electron chi connectivity index (χ0n) is 10.0. The van der Waals surface area contributed by atoms with E-state index in [0.717, 1.165) is 6.42 Å². The number of hydrogen-bond donors (Lipinski definition) is 3. The molecule has 0 radical (unpaired) electrons. The van der Waals surface area contributed by atoms with E-state index in [-0.39, 0.29) is 18.1 Å². The third-order valence-electron chi connectivity index (χ3n) is 2.30. The highest BCUT2D eigenvalue weighted by Gasteiger charge is 2.25. The maximum Gasteiger partial charge on any atom is 0.211 e. The topological polar surface area (TPSA) is 105 Å². The molecule has 7 heteroatoms. The molecule has 0 saturated heterocycles. The highest BCUT2D eigenvalue weighted by Crippen LogP contribution is 2.13. The fraction of sp³-hybridized carbons (Fsp3) is 0.889. The van der Waals surface area contributed by atoms with Crippen molar-refractivity contribution in [1.82, 2.24) is 4.72 Å². The van der Waals surface area contributed by atoms with Crippen LogP contribution in [0.15, 0.2) is 5.16 Å². The second-order valence-corrected chi connectivity index (χ2v) is 6.29. The van der Waals surface area contributed by atoms with Gasteiger partial charge in [0, 0.05) is 12.0 Å². The average Bonchev–Trinajstić information content (AvgIpc) is 2.23. The molecule has 0 aromatic carbocycles. The van der Waals surface area contributed by atoms with Crippen molar-refractivity contribution in [1.29, 1.82) is 0 Å². The van der Waals surface area contributed by atoms with E-state index in [0.29, 0.717) is 6.42 Å². The van der Waals surface area contributed by atoms with Crippen LogP contribution in [0.4, 0.5) is 0 Å². The van der Waals surface area contributed by atoms with Crippen LogP contribution < -0.4 is 10.5 Å². The molecule has 0 aliphatic carbocycles. The Hall–Kier alpha value is -0.820. The molecule has 0 fully saturated rings. The predicted molar refractivity (Wildman–Crippen MR) is 63.9 cm³/mol. The molecule has 16 heavy (non-hydrogen) atoms. The number of sulfonamides is 1. The summed E-state index contributed by atoms with van der Waals surface area (Å²) in [6, 6.07) is 0. The number of nitrogens with two attached hydrogens (primary N) is 1. The van der Waals surface area contributed by atoms with Gasteiger partial charge >= 0.3 is 0 Å². The van der Waals surface area contributed by atoms with Crippen molar-refractivity contribution in [2.75, 3.05) is 12.3 Å². The van der Waals surface area contributed by atoms with Crippen LogP contribution in [0.1, 0.15) is 33.6 Å². The fourth-order valence-electron chi connectivity index (χ4n) is 0.923. The molecule has 0 atom stereocenters. The second-order valence-electron chi connectivity index (χ2n) is 4.36. The van der Waals surface area contributed by atoms with Crippen molar-refractivity contribution in [2.24, 2.45) is 16.3 Å². The van der Waals surface area contributed by atoms with Crippen LogP contribution in [0.3, 0.4) is 0 Å². The lowest BCUT2D eigenvalue weighted by Gasteiger charge is -2.22. The van der Waals surface area contributed by atoms with Crippen molar-refractivity contribution in [3.05, 3.63) is 0 Å². The SMILES string of the molecule is CCCCS(=O)(=O)NCC(C)(C)C(N)=NO. The van der Waals surface area contributed by atoms with Crippen LogP contribution in [-0.4, -0.2) is 31.8 Å². The molecule has 0 aromatic heterocycles. The predicted octanol–water partition coefficient (Wildman–Crippen LogP) is 0.479. The van der Waals surface area contributed by atoms with Crippen LogP contribution >= 0.6 is 0 Å². The highest BCUT2D eigenvalue weighted by atomic mass is 32.2. The Balaban J connectivity index is 4.34. The lowest BCUT2D eigenvalue weighted by atomic mass is 9.93. The Morgan fingerprint density at radius 2 is 2.06 bits per heavy atom. The summed E-state index contributed by atoms with van der Waals surface area (Å²) < 4.78 is 25.4. The van der Waals surface area contributed by atoms with Gasteiger partial charge in [-0.1, -0.05) is 32.3 Å². The van der Waals surface area contributed by atoms with Crippen molar-refractivity contribution < 1.29 is 13.6 Å². The fourth-order valence-corrected chi connectivity index (χ4v) is 2.32. The molecule has 96 valence electrons. The van der Waals surface area contributed by atoms with E-state index in [1.807, 2.05) is 6.92 Å². The summed E-state index contributed by atoms with van der Waals surface area (Å²) in [6.45, 7) is 5.44. The van der Waals surface area contributed by atoms with Gasteiger partial charge in [-0.2, -0.15) is 0 Å². The smallest absolute Gasteiger partial charge is 0.211 e. The van der Waals surface area contributed by atoms with Gasteiger partial charge in [-0.25, -0.2) is 13.1 Å². The van der Waals surface area contributed by atoms with Crippen molar-refractivity contribution in [2.45, 2.75) is 33.6 Å². The summed E-state index contributed by atoms with van der Waals surface area (Å²) in [6.07, 6.45) is 1.45. The largest absolute Gasteiger partial charge is 0.409 e. The first kappa shape index (κ1) is 15.2. The van der Waals surface area contributed by atoms with Gasteiger partial charge in [-0.05, 0) is 6.42 Å². The van der Waals surface area contributed by atoms with Crippen molar-refractivity contribution >= 4 is 15.9 Å². The van der Waals surface area contributed by atoms with E-state index < -0.39 is 15.4 Å². The molecule has 0 amide bonds. The Morgan fingerprint density at radius 3 is 2.50 bits per heavy atom. The van der Waals surface area contributed by atoms with Gasteiger partial charge in [0.25, 0.3) is 0 Å². The third kappa shape index (κ3) is 5.32. The molecular formula is C9H21N3O3S. The first-order chi connectivity index (χ1) is 7.25. The van der Waals surface area contributed by atoms with E-state index in [1.54, 1.807) is 13.8 Å². The Kier molecular flexibility index (Phi) is 5.74. The van der Waals surface area contributed by atoms with Crippen LogP contribution in [0.2, 0.25) is 0 Å². The molecule has 0 spiro atoms. The van der Waals surface area contributed by atoms with Crippen LogP contribution in [0.25, 0.3) is 0 Å². The molecule has 0 saturated carbocycles. The van der Waals surface area contributed by atoms with Crippen molar-refractivity contribution in [3.63, 3.8) is 0 Å². The van der Waals surface area contributed by atoms with E-state index in [2.05, 4.69) is 9.88 Å². The van der Waals surface area contributed by atoms with Gasteiger partial charge in [-0.15, -0.1) is 0 Å². The molecule has 0 rings (SSSR count). The summed E-state index contributed by atoms with van der Waals surface area (Å²) in [5.41, 5.74) is 4.75. The summed E-state index contributed by atoms with van der Waals surface area (Å²) in [5.74, 6) is 0.112. The number of nitrogens with one attached hydrogen (secondary N) is 1. The summed E-state index contributed by atoms with van der Waals surface area (Å²) >= 11 is 0. The third-order valence-corrected chi connectivity index (χ3v) is 3.71. The van der Waals surface area contributed by atoms with E-state index in [4.69, 9.17) is 10.9 Å². The van der Waals surface area contributed by atoms with E-state index in [1.165, 1.54) is 0 Å². The number of unbranched alkanes of at least 4 members (excludes halogenated alkanes) is 1. The zero-order valence-corrected chi connectivity index (χ0v) is 10.8. The number of rotatable bonds is 7. The first-order valence-corrected chi connectivity index (χ1v) is 6.85. The van der Waals surface area contributed by atoms with E-state index >= 15 is 0 Å². The first-order valence-electron chi connectivity index (χ1n) is 5.20. The highest BCUT2D eigenvalue weighted by molar-refractivity contribution is 7.89. The molecule has 0 heterocycles. The van der Waals surface area contributed by atoms with Gasteiger partial charge in [0.2, 0.25) is 10.0 Å². The van der Waals surface area contributed by atoms with Crippen LogP contribution in [-0.2, 0) is 10.0 Å². The van der Waals surface area contributed by atoms with E-state index in [9.17, 15) is 8.42 Å². The summed E-state index contributed by atoms with van der Waals surface area (Å²) in [7, 11) is -3.26. The molecular weight excluding hydrogens is 230 g/mol. The lowest BCUT2D eigenvalue weighted by molar-refractivity contribution is 0.307. The van der Waals surface area contributed by atoms with Gasteiger partial charge in [0.15, 0.2) is 0 Å². The zero-order chi connectivity index (χ0) is 12.8. The molecule has 0 bridgehead atoms. The maximum absolute atomic E-state index is 11.5. The molecule has 0 aliphatic rings. The van der Waals surface area contributed by atoms with Gasteiger partial charge in [-0.3, -0.25) is 0 Å². The molecule has 0 unspecified atom stereocenters. The van der Waals surface area contributed by atoms with Gasteiger partial charge < -0.3 is 10.9 Å². The Morgan fingerprint density at radius 1 is 1.50 bits per heavy atom. The molecule has 6 nitrogen and oxygen atoms in total. The maximum atomic E-state index is 11.5. The monoisotopic (exact) mass is 251 g/mol. The molecule has 4 N–H and O–H groups in total. The quantitative estimate of drug-likeness (QED) is 0.265. The number of hydrogen-bond acceptors (Lipinski definition) is 4. The molecule has 0 aliphatic heterocycles. The number of oxime groups is 1. The minimum Gasteiger partial charge on any atom is -0.409 e. The standard InChI is InChI=1S/C9H21N3O3S/c1-4-5-6-16(14,15)11-7-9(2,3)8(10)12-13/h11,13H,4-7H2,1-3H3,(H2,10,12). The minimum atomic E-state index is -3.26.